The average Bonchev–Trinajstić information content (AvgIpc) is 2.88. The van der Waals surface area contributed by atoms with E-state index in [4.69, 9.17) is 0 Å². The molecule has 0 radical (unpaired) electrons. The van der Waals surface area contributed by atoms with Gasteiger partial charge in [-0.3, -0.25) is 9.59 Å². The molecule has 1 heterocycles. The molecule has 2 aromatic carbocycles. The summed E-state index contributed by atoms with van der Waals surface area (Å²) in [5, 5.41) is 5.72. The van der Waals surface area contributed by atoms with E-state index >= 15 is 0 Å². The molecule has 2 aromatic rings. The summed E-state index contributed by atoms with van der Waals surface area (Å²) in [6.07, 6.45) is 3.67. The number of benzene rings is 2. The van der Waals surface area contributed by atoms with Crippen molar-refractivity contribution in [1.82, 2.24) is 0 Å². The maximum Gasteiger partial charge on any atom is 0.248 e. The molecule has 0 saturated heterocycles. The minimum atomic E-state index is -0.174. The van der Waals surface area contributed by atoms with Crippen LogP contribution >= 0.6 is 0 Å². The zero-order chi connectivity index (χ0) is 16.4. The van der Waals surface area contributed by atoms with E-state index in [1.165, 1.54) is 6.08 Å². The first-order valence-corrected chi connectivity index (χ1v) is 7.51. The van der Waals surface area contributed by atoms with Crippen LogP contribution in [0.3, 0.4) is 0 Å². The Morgan fingerprint density at radius 2 is 1.91 bits per heavy atom. The van der Waals surface area contributed by atoms with E-state index in [0.29, 0.717) is 6.42 Å². The average molecular weight is 306 g/mol. The van der Waals surface area contributed by atoms with Crippen molar-refractivity contribution in [3.63, 3.8) is 0 Å². The van der Waals surface area contributed by atoms with Crippen LogP contribution in [0.2, 0.25) is 0 Å². The molecule has 2 amide bonds. The summed E-state index contributed by atoms with van der Waals surface area (Å²) in [4.78, 5) is 23.5. The van der Waals surface area contributed by atoms with Gasteiger partial charge < -0.3 is 10.6 Å². The normalized spacial score (nSPS) is 13.0. The van der Waals surface area contributed by atoms with Gasteiger partial charge in [0.2, 0.25) is 11.8 Å². The van der Waals surface area contributed by atoms with Crippen molar-refractivity contribution >= 4 is 29.3 Å². The molecular formula is C19H18N2O2. The van der Waals surface area contributed by atoms with Crippen LogP contribution in [0.1, 0.15) is 22.3 Å². The summed E-state index contributed by atoms with van der Waals surface area (Å²) in [6, 6.07) is 11.6. The number of amides is 2. The Kier molecular flexibility index (Phi) is 3.98. The van der Waals surface area contributed by atoms with E-state index in [1.807, 2.05) is 50.2 Å². The molecule has 0 fully saturated rings. The van der Waals surface area contributed by atoms with E-state index < -0.39 is 0 Å². The monoisotopic (exact) mass is 306 g/mol. The van der Waals surface area contributed by atoms with Crippen molar-refractivity contribution in [1.29, 1.82) is 0 Å². The third-order valence-electron chi connectivity index (χ3n) is 3.92. The van der Waals surface area contributed by atoms with Gasteiger partial charge in [-0.25, -0.2) is 0 Å². The highest BCUT2D eigenvalue weighted by Crippen LogP contribution is 2.24. The van der Waals surface area contributed by atoms with E-state index in [1.54, 1.807) is 6.08 Å². The Bertz CT molecular complexity index is 802. The van der Waals surface area contributed by atoms with E-state index in [9.17, 15) is 9.59 Å². The maximum absolute atomic E-state index is 12.1. The van der Waals surface area contributed by atoms with Gasteiger partial charge in [0.1, 0.15) is 0 Å². The van der Waals surface area contributed by atoms with E-state index in [-0.39, 0.29) is 11.8 Å². The van der Waals surface area contributed by atoms with Crippen molar-refractivity contribution in [2.24, 2.45) is 0 Å². The number of fused-ring (bicyclic) bond motifs is 1. The lowest BCUT2D eigenvalue weighted by Crippen LogP contribution is -2.10. The zero-order valence-corrected chi connectivity index (χ0v) is 13.1. The molecule has 0 saturated carbocycles. The second-order valence-electron chi connectivity index (χ2n) is 5.73. The minimum absolute atomic E-state index is 0.00824. The fourth-order valence-electron chi connectivity index (χ4n) is 2.68. The number of nitrogens with one attached hydrogen (secondary N) is 2. The first kappa shape index (κ1) is 15.0. The Morgan fingerprint density at radius 1 is 1.17 bits per heavy atom. The van der Waals surface area contributed by atoms with Crippen molar-refractivity contribution in [3.8, 4) is 0 Å². The van der Waals surface area contributed by atoms with Crippen LogP contribution in [-0.4, -0.2) is 11.8 Å². The maximum atomic E-state index is 12.1. The lowest BCUT2D eigenvalue weighted by Gasteiger charge is -2.09. The van der Waals surface area contributed by atoms with Gasteiger partial charge in [0.05, 0.1) is 6.42 Å². The number of hydrogen-bond donors (Lipinski definition) is 2. The molecule has 0 unspecified atom stereocenters. The SMILES string of the molecule is Cc1cccc(C)c1NC(=O)/C=C/c1ccc2c(c1)NC(=O)C2. The number of aryl methyl sites for hydroxylation is 2. The Labute approximate surface area is 135 Å². The fraction of sp³-hybridized carbons (Fsp3) is 0.158. The van der Waals surface area contributed by atoms with Gasteiger partial charge in [0, 0.05) is 17.5 Å². The first-order chi connectivity index (χ1) is 11.0. The van der Waals surface area contributed by atoms with Crippen LogP contribution in [0.15, 0.2) is 42.5 Å². The quantitative estimate of drug-likeness (QED) is 0.853. The predicted octanol–water partition coefficient (Wildman–Crippen LogP) is 3.45. The largest absolute Gasteiger partial charge is 0.326 e. The summed E-state index contributed by atoms with van der Waals surface area (Å²) >= 11 is 0. The molecule has 0 spiro atoms. The van der Waals surface area contributed by atoms with Crippen molar-refractivity contribution in [2.45, 2.75) is 20.3 Å². The fourth-order valence-corrected chi connectivity index (χ4v) is 2.68. The smallest absolute Gasteiger partial charge is 0.248 e. The van der Waals surface area contributed by atoms with Crippen molar-refractivity contribution in [2.75, 3.05) is 10.6 Å². The third kappa shape index (κ3) is 3.31. The Morgan fingerprint density at radius 3 is 2.65 bits per heavy atom. The molecule has 23 heavy (non-hydrogen) atoms. The molecule has 3 rings (SSSR count). The standard InChI is InChI=1S/C19H18N2O2/c1-12-4-3-5-13(2)19(12)21-17(22)9-7-14-6-8-15-11-18(23)20-16(15)10-14/h3-10H,11H2,1-2H3,(H,20,23)(H,21,22)/b9-7+. The van der Waals surface area contributed by atoms with Gasteiger partial charge in [0.15, 0.2) is 0 Å². The number of rotatable bonds is 3. The molecular weight excluding hydrogens is 288 g/mol. The molecule has 0 aliphatic carbocycles. The number of carbonyl (C=O) groups is 2. The lowest BCUT2D eigenvalue weighted by molar-refractivity contribution is -0.115. The summed E-state index contributed by atoms with van der Waals surface area (Å²) in [6.45, 7) is 3.94. The van der Waals surface area contributed by atoms with Crippen LogP contribution < -0.4 is 10.6 Å². The van der Waals surface area contributed by atoms with Gasteiger partial charge in [-0.1, -0.05) is 30.3 Å². The van der Waals surface area contributed by atoms with Gasteiger partial charge in [-0.15, -0.1) is 0 Å². The highest BCUT2D eigenvalue weighted by molar-refractivity contribution is 6.03. The summed E-state index contributed by atoms with van der Waals surface area (Å²) in [5.74, 6) is -0.166. The molecule has 1 aliphatic heterocycles. The first-order valence-electron chi connectivity index (χ1n) is 7.51. The zero-order valence-electron chi connectivity index (χ0n) is 13.1. The summed E-state index contributed by atoms with van der Waals surface area (Å²) < 4.78 is 0. The molecule has 4 nitrogen and oxygen atoms in total. The summed E-state index contributed by atoms with van der Waals surface area (Å²) in [5.41, 5.74) is 5.62. The predicted molar refractivity (Wildman–Crippen MR) is 92.4 cm³/mol. The van der Waals surface area contributed by atoms with Crippen LogP contribution in [-0.2, 0) is 16.0 Å². The summed E-state index contributed by atoms with van der Waals surface area (Å²) in [7, 11) is 0. The van der Waals surface area contributed by atoms with Gasteiger partial charge in [0.25, 0.3) is 0 Å². The number of hydrogen-bond acceptors (Lipinski definition) is 2. The Hall–Kier alpha value is -2.88. The second-order valence-corrected chi connectivity index (χ2v) is 5.73. The minimum Gasteiger partial charge on any atom is -0.326 e. The molecule has 0 bridgehead atoms. The van der Waals surface area contributed by atoms with Gasteiger partial charge in [-0.05, 0) is 48.2 Å². The van der Waals surface area contributed by atoms with Crippen molar-refractivity contribution < 1.29 is 9.59 Å². The topological polar surface area (TPSA) is 58.2 Å². The second kappa shape index (κ2) is 6.08. The molecule has 116 valence electrons. The molecule has 0 aromatic heterocycles. The highest BCUT2D eigenvalue weighted by Gasteiger charge is 2.16. The third-order valence-corrected chi connectivity index (χ3v) is 3.92. The lowest BCUT2D eigenvalue weighted by atomic mass is 10.1. The van der Waals surface area contributed by atoms with Crippen LogP contribution in [0.25, 0.3) is 6.08 Å². The van der Waals surface area contributed by atoms with E-state index in [2.05, 4.69) is 10.6 Å². The van der Waals surface area contributed by atoms with Gasteiger partial charge >= 0.3 is 0 Å². The molecule has 0 atom stereocenters. The van der Waals surface area contributed by atoms with E-state index in [0.717, 1.165) is 33.6 Å². The molecule has 1 aliphatic rings. The molecule has 4 heteroatoms. The number of anilines is 2. The van der Waals surface area contributed by atoms with Gasteiger partial charge in [-0.2, -0.15) is 0 Å². The Balaban J connectivity index is 1.72. The van der Waals surface area contributed by atoms with Crippen LogP contribution in [0.4, 0.5) is 11.4 Å². The molecule has 2 N–H and O–H groups in total. The number of carbonyl (C=O) groups excluding carboxylic acids is 2. The van der Waals surface area contributed by atoms with Crippen molar-refractivity contribution in [3.05, 3.63) is 64.7 Å². The number of para-hydroxylation sites is 1. The van der Waals surface area contributed by atoms with Crippen LogP contribution in [0.5, 0.6) is 0 Å². The highest BCUT2D eigenvalue weighted by atomic mass is 16.2. The van der Waals surface area contributed by atoms with Crippen LogP contribution in [0, 0.1) is 13.8 Å².